The van der Waals surface area contributed by atoms with E-state index >= 15 is 0 Å². The molecule has 1 aliphatic heterocycles. The van der Waals surface area contributed by atoms with Crippen LogP contribution in [0.4, 0.5) is 0 Å². The van der Waals surface area contributed by atoms with E-state index in [1.165, 1.54) is 43.3 Å². The van der Waals surface area contributed by atoms with Crippen molar-refractivity contribution < 1.29 is 23.1 Å². The van der Waals surface area contributed by atoms with Gasteiger partial charge in [-0.05, 0) is 69.0 Å². The normalized spacial score (nSPS) is 18.2. The Balaban J connectivity index is 2.11. The molecule has 8 nitrogen and oxygen atoms in total. The highest BCUT2D eigenvalue weighted by atomic mass is 35.5. The molecule has 2 aromatic carbocycles. The van der Waals surface area contributed by atoms with Crippen LogP contribution in [0.25, 0.3) is 5.76 Å². The maximum Gasteiger partial charge on any atom is 0.295 e. The maximum atomic E-state index is 13.1. The number of hydrogen-bond acceptors (Lipinski definition) is 6. The number of Topliss-reactive ketones (excluding diaryl/α,β-unsaturated/α-hetero) is 1. The number of carbonyl (C=O) groups is 2. The molecule has 0 spiro atoms. The van der Waals surface area contributed by atoms with Gasteiger partial charge in [-0.1, -0.05) is 29.3 Å². The highest BCUT2D eigenvalue weighted by molar-refractivity contribution is 7.89. The Bertz CT molecular complexity index is 1270. The summed E-state index contributed by atoms with van der Waals surface area (Å²) < 4.78 is 25.8. The average molecular weight is 540 g/mol. The average Bonchev–Trinajstić information content (AvgIpc) is 3.05. The lowest BCUT2D eigenvalue weighted by Gasteiger charge is -2.26. The summed E-state index contributed by atoms with van der Waals surface area (Å²) in [7, 11) is 2.97. The van der Waals surface area contributed by atoms with Crippen molar-refractivity contribution in [1.29, 1.82) is 0 Å². The number of hydrogen-bond donors (Lipinski definition) is 1. The quantitative estimate of drug-likeness (QED) is 0.312. The van der Waals surface area contributed by atoms with Crippen LogP contribution in [0, 0.1) is 0 Å². The monoisotopic (exact) mass is 539 g/mol. The third-order valence-corrected chi connectivity index (χ3v) is 8.28. The molecule has 0 saturated carbocycles. The summed E-state index contributed by atoms with van der Waals surface area (Å²) in [5, 5.41) is 11.7. The third-order valence-electron chi connectivity index (χ3n) is 5.71. The van der Waals surface area contributed by atoms with Crippen molar-refractivity contribution in [2.24, 2.45) is 0 Å². The van der Waals surface area contributed by atoms with Crippen molar-refractivity contribution in [2.75, 3.05) is 41.3 Å². The Morgan fingerprint density at radius 1 is 1.00 bits per heavy atom. The molecule has 188 valence electrons. The van der Waals surface area contributed by atoms with Gasteiger partial charge < -0.3 is 14.9 Å². The van der Waals surface area contributed by atoms with Crippen LogP contribution in [0.3, 0.4) is 0 Å². The molecule has 1 fully saturated rings. The lowest BCUT2D eigenvalue weighted by molar-refractivity contribution is -0.139. The van der Waals surface area contributed by atoms with Crippen molar-refractivity contribution in [3.63, 3.8) is 0 Å². The molecule has 1 N–H and O–H groups in total. The molecular formula is C24H27Cl2N3O5S. The van der Waals surface area contributed by atoms with Gasteiger partial charge in [-0.2, -0.15) is 0 Å². The fourth-order valence-electron chi connectivity index (χ4n) is 3.85. The van der Waals surface area contributed by atoms with E-state index in [-0.39, 0.29) is 27.6 Å². The van der Waals surface area contributed by atoms with Gasteiger partial charge in [0.15, 0.2) is 0 Å². The molecule has 1 amide bonds. The predicted molar refractivity (Wildman–Crippen MR) is 136 cm³/mol. The number of aliphatic hydroxyl groups is 1. The molecule has 35 heavy (non-hydrogen) atoms. The van der Waals surface area contributed by atoms with Gasteiger partial charge in [0.1, 0.15) is 5.76 Å². The topological polar surface area (TPSA) is 98.2 Å². The van der Waals surface area contributed by atoms with E-state index < -0.39 is 33.5 Å². The summed E-state index contributed by atoms with van der Waals surface area (Å²) in [4.78, 5) is 29.5. The summed E-state index contributed by atoms with van der Waals surface area (Å²) in [6.07, 6.45) is 0.606. The van der Waals surface area contributed by atoms with E-state index in [0.717, 1.165) is 4.31 Å². The molecule has 0 aromatic heterocycles. The van der Waals surface area contributed by atoms with Crippen molar-refractivity contribution >= 4 is 50.7 Å². The largest absolute Gasteiger partial charge is 0.507 e. The zero-order valence-electron chi connectivity index (χ0n) is 19.8. The minimum absolute atomic E-state index is 0.0317. The highest BCUT2D eigenvalue weighted by Gasteiger charge is 2.46. The van der Waals surface area contributed by atoms with Gasteiger partial charge >= 0.3 is 0 Å². The highest BCUT2D eigenvalue weighted by Crippen LogP contribution is 2.41. The van der Waals surface area contributed by atoms with Gasteiger partial charge in [0.25, 0.3) is 11.7 Å². The molecule has 1 saturated heterocycles. The minimum Gasteiger partial charge on any atom is -0.507 e. The van der Waals surface area contributed by atoms with Gasteiger partial charge in [-0.15, -0.1) is 0 Å². The maximum absolute atomic E-state index is 13.1. The molecule has 3 rings (SSSR count). The van der Waals surface area contributed by atoms with Crippen LogP contribution in [-0.4, -0.2) is 80.6 Å². The number of sulfonamides is 1. The first-order valence-electron chi connectivity index (χ1n) is 10.8. The van der Waals surface area contributed by atoms with Crippen molar-refractivity contribution in [1.82, 2.24) is 14.1 Å². The van der Waals surface area contributed by atoms with Crippen LogP contribution in [0.2, 0.25) is 10.0 Å². The second-order valence-electron chi connectivity index (χ2n) is 8.63. The second kappa shape index (κ2) is 10.7. The number of amides is 1. The molecule has 11 heteroatoms. The van der Waals surface area contributed by atoms with Gasteiger partial charge in [0.05, 0.1) is 26.6 Å². The summed E-state index contributed by atoms with van der Waals surface area (Å²) in [5.41, 5.74) is 0.636. The van der Waals surface area contributed by atoms with Crippen molar-refractivity contribution in [3.8, 4) is 0 Å². The van der Waals surface area contributed by atoms with Crippen LogP contribution in [-0.2, 0) is 19.6 Å². The fourth-order valence-corrected chi connectivity index (χ4v) is 5.06. The Morgan fingerprint density at radius 3 is 2.17 bits per heavy atom. The standard InChI is InChI=1S/C24H27Cl2N3O5S/c1-27(2)12-5-13-29-21(16-8-11-18(25)19(26)14-16)20(23(31)24(29)32)22(30)15-6-9-17(10-7-15)35(33,34)28(3)4/h6-11,14,21,30H,5,12-13H2,1-4H3/b22-20+/t21-/m0/s1. The molecule has 1 heterocycles. The fraction of sp³-hybridized carbons (Fsp3) is 0.333. The van der Waals surface area contributed by atoms with Gasteiger partial charge in [0, 0.05) is 26.2 Å². The van der Waals surface area contributed by atoms with E-state index in [1.807, 2.05) is 19.0 Å². The molecule has 0 radical (unpaired) electrons. The van der Waals surface area contributed by atoms with E-state index in [9.17, 15) is 23.1 Å². The van der Waals surface area contributed by atoms with E-state index in [2.05, 4.69) is 0 Å². The van der Waals surface area contributed by atoms with E-state index in [1.54, 1.807) is 18.2 Å². The molecule has 1 aliphatic rings. The number of likely N-dealkylation sites (tertiary alicyclic amines) is 1. The van der Waals surface area contributed by atoms with E-state index in [4.69, 9.17) is 23.2 Å². The first kappa shape index (κ1) is 27.2. The zero-order chi connectivity index (χ0) is 26.1. The lowest BCUT2D eigenvalue weighted by atomic mass is 9.95. The van der Waals surface area contributed by atoms with Gasteiger partial charge in [-0.3, -0.25) is 9.59 Å². The molecule has 2 aromatic rings. The number of halogens is 2. The number of ketones is 1. The first-order valence-corrected chi connectivity index (χ1v) is 13.0. The third kappa shape index (κ3) is 5.54. The SMILES string of the molecule is CN(C)CCCN1C(=O)C(=O)/C(=C(/O)c2ccc(S(=O)(=O)N(C)C)cc2)[C@@H]1c1ccc(Cl)c(Cl)c1. The summed E-state index contributed by atoms with van der Waals surface area (Å²) in [6, 6.07) is 9.39. The van der Waals surface area contributed by atoms with Crippen molar-refractivity contribution in [3.05, 3.63) is 69.2 Å². The Kier molecular flexibility index (Phi) is 8.28. The summed E-state index contributed by atoms with van der Waals surface area (Å²) >= 11 is 12.3. The lowest BCUT2D eigenvalue weighted by Crippen LogP contribution is -2.32. The predicted octanol–water partition coefficient (Wildman–Crippen LogP) is 3.62. The molecule has 0 aliphatic carbocycles. The Hall–Kier alpha value is -2.43. The number of aliphatic hydroxyl groups excluding tert-OH is 1. The van der Waals surface area contributed by atoms with Crippen LogP contribution >= 0.6 is 23.2 Å². The van der Waals surface area contributed by atoms with E-state index in [0.29, 0.717) is 23.6 Å². The first-order chi connectivity index (χ1) is 16.4. The van der Waals surface area contributed by atoms with Crippen LogP contribution in [0.1, 0.15) is 23.6 Å². The minimum atomic E-state index is -3.67. The van der Waals surface area contributed by atoms with Gasteiger partial charge in [-0.25, -0.2) is 12.7 Å². The number of rotatable bonds is 8. The smallest absolute Gasteiger partial charge is 0.295 e. The second-order valence-corrected chi connectivity index (χ2v) is 11.6. The van der Waals surface area contributed by atoms with Crippen molar-refractivity contribution in [2.45, 2.75) is 17.4 Å². The number of benzene rings is 2. The number of nitrogens with zero attached hydrogens (tertiary/aromatic N) is 3. The Labute approximate surface area is 215 Å². The molecule has 0 unspecified atom stereocenters. The Morgan fingerprint density at radius 2 is 1.63 bits per heavy atom. The van der Waals surface area contributed by atoms with Crippen LogP contribution in [0.15, 0.2) is 52.9 Å². The molecule has 0 bridgehead atoms. The zero-order valence-corrected chi connectivity index (χ0v) is 22.2. The van der Waals surface area contributed by atoms with Crippen LogP contribution < -0.4 is 0 Å². The van der Waals surface area contributed by atoms with Gasteiger partial charge in [0.2, 0.25) is 10.0 Å². The van der Waals surface area contributed by atoms with Crippen LogP contribution in [0.5, 0.6) is 0 Å². The molecule has 1 atom stereocenters. The summed E-state index contributed by atoms with van der Waals surface area (Å²) in [6.45, 7) is 0.976. The summed E-state index contributed by atoms with van der Waals surface area (Å²) in [5.74, 6) is -1.95. The number of carbonyl (C=O) groups excluding carboxylic acids is 2. The molecular weight excluding hydrogens is 513 g/mol.